The first-order valence-corrected chi connectivity index (χ1v) is 6.31. The molecule has 2 rings (SSSR count). The molecular formula is C12H22N2O2. The highest BCUT2D eigenvalue weighted by molar-refractivity contribution is 5.76. The van der Waals surface area contributed by atoms with Crippen LogP contribution >= 0.6 is 0 Å². The van der Waals surface area contributed by atoms with Crippen LogP contribution in [-0.2, 0) is 9.53 Å². The summed E-state index contributed by atoms with van der Waals surface area (Å²) in [6, 6.07) is 0.921. The normalized spacial score (nSPS) is 21.8. The summed E-state index contributed by atoms with van der Waals surface area (Å²) in [5.74, 6) is 0.952. The maximum Gasteiger partial charge on any atom is 0.221 e. The van der Waals surface area contributed by atoms with Gasteiger partial charge in [0.05, 0.1) is 6.61 Å². The number of nitrogens with one attached hydrogen (secondary N) is 2. The lowest BCUT2D eigenvalue weighted by Crippen LogP contribution is -2.38. The molecule has 0 aromatic heterocycles. The first-order chi connectivity index (χ1) is 7.79. The first kappa shape index (κ1) is 11.9. The Balaban J connectivity index is 1.55. The summed E-state index contributed by atoms with van der Waals surface area (Å²) in [6.07, 6.45) is 5.51. The third-order valence-electron chi connectivity index (χ3n) is 3.24. The van der Waals surface area contributed by atoms with E-state index in [9.17, 15) is 4.79 Å². The highest BCUT2D eigenvalue weighted by atomic mass is 16.5. The van der Waals surface area contributed by atoms with Crippen molar-refractivity contribution in [2.75, 3.05) is 20.3 Å². The molecule has 4 nitrogen and oxygen atoms in total. The molecule has 2 N–H and O–H groups in total. The summed E-state index contributed by atoms with van der Waals surface area (Å²) in [7, 11) is 1.73. The molecule has 1 atom stereocenters. The molecule has 0 heterocycles. The lowest BCUT2D eigenvalue weighted by molar-refractivity contribution is -0.121. The predicted octanol–water partition coefficient (Wildman–Crippen LogP) is 0.670. The van der Waals surface area contributed by atoms with E-state index in [2.05, 4.69) is 10.6 Å². The average Bonchev–Trinajstić information content (AvgIpc) is 3.10. The lowest BCUT2D eigenvalue weighted by Gasteiger charge is -2.16. The molecule has 4 heteroatoms. The van der Waals surface area contributed by atoms with Gasteiger partial charge in [-0.2, -0.15) is 0 Å². The van der Waals surface area contributed by atoms with Crippen molar-refractivity contribution in [1.82, 2.24) is 10.6 Å². The Kier molecular flexibility index (Phi) is 4.18. The molecule has 2 aliphatic carbocycles. The van der Waals surface area contributed by atoms with Crippen LogP contribution in [0.15, 0.2) is 0 Å². The Morgan fingerprint density at radius 2 is 2.12 bits per heavy atom. The Hall–Kier alpha value is -0.610. The standard InChI is InChI=1S/C12H22N2O2/c1-16-8-11(9-2-3-9)13-7-6-12(15)14-10-4-5-10/h9-11,13H,2-8H2,1H3,(H,14,15). The smallest absolute Gasteiger partial charge is 0.221 e. The zero-order valence-corrected chi connectivity index (χ0v) is 10.00. The van der Waals surface area contributed by atoms with Crippen LogP contribution in [0.2, 0.25) is 0 Å². The zero-order valence-electron chi connectivity index (χ0n) is 10.00. The molecule has 2 saturated carbocycles. The van der Waals surface area contributed by atoms with E-state index in [1.54, 1.807) is 7.11 Å². The van der Waals surface area contributed by atoms with E-state index >= 15 is 0 Å². The molecule has 1 amide bonds. The van der Waals surface area contributed by atoms with Crippen LogP contribution < -0.4 is 10.6 Å². The van der Waals surface area contributed by atoms with E-state index in [-0.39, 0.29) is 5.91 Å². The minimum Gasteiger partial charge on any atom is -0.383 e. The molecule has 0 radical (unpaired) electrons. The highest BCUT2D eigenvalue weighted by Gasteiger charge is 2.30. The second kappa shape index (κ2) is 5.64. The van der Waals surface area contributed by atoms with Gasteiger partial charge in [-0.3, -0.25) is 4.79 Å². The third kappa shape index (κ3) is 4.10. The second-order valence-corrected chi connectivity index (χ2v) is 4.95. The molecule has 92 valence electrons. The fourth-order valence-corrected chi connectivity index (χ4v) is 1.94. The summed E-state index contributed by atoms with van der Waals surface area (Å²) < 4.78 is 5.17. The van der Waals surface area contributed by atoms with Crippen molar-refractivity contribution in [1.29, 1.82) is 0 Å². The second-order valence-electron chi connectivity index (χ2n) is 4.95. The maximum atomic E-state index is 11.4. The monoisotopic (exact) mass is 226 g/mol. The van der Waals surface area contributed by atoms with Crippen LogP contribution in [0.5, 0.6) is 0 Å². The molecule has 0 aromatic rings. The van der Waals surface area contributed by atoms with E-state index in [1.165, 1.54) is 12.8 Å². The number of amides is 1. The van der Waals surface area contributed by atoms with Crippen LogP contribution in [-0.4, -0.2) is 38.3 Å². The van der Waals surface area contributed by atoms with Gasteiger partial charge in [-0.25, -0.2) is 0 Å². The van der Waals surface area contributed by atoms with E-state index in [1.807, 2.05) is 0 Å². The highest BCUT2D eigenvalue weighted by Crippen LogP contribution is 2.32. The molecule has 16 heavy (non-hydrogen) atoms. The van der Waals surface area contributed by atoms with Gasteiger partial charge < -0.3 is 15.4 Å². The van der Waals surface area contributed by atoms with Crippen LogP contribution in [0.4, 0.5) is 0 Å². The first-order valence-electron chi connectivity index (χ1n) is 6.31. The van der Waals surface area contributed by atoms with Crippen molar-refractivity contribution in [3.05, 3.63) is 0 Å². The minimum atomic E-state index is 0.182. The Bertz CT molecular complexity index is 237. The lowest BCUT2D eigenvalue weighted by atomic mass is 10.2. The van der Waals surface area contributed by atoms with E-state index in [0.29, 0.717) is 18.5 Å². The van der Waals surface area contributed by atoms with Gasteiger partial charge in [0.1, 0.15) is 0 Å². The molecule has 2 fully saturated rings. The fraction of sp³-hybridized carbons (Fsp3) is 0.917. The zero-order chi connectivity index (χ0) is 11.4. The van der Waals surface area contributed by atoms with E-state index < -0.39 is 0 Å². The predicted molar refractivity (Wildman–Crippen MR) is 62.2 cm³/mol. The fourth-order valence-electron chi connectivity index (χ4n) is 1.94. The van der Waals surface area contributed by atoms with Gasteiger partial charge >= 0.3 is 0 Å². The summed E-state index contributed by atoms with van der Waals surface area (Å²) >= 11 is 0. The van der Waals surface area contributed by atoms with Crippen molar-refractivity contribution in [3.8, 4) is 0 Å². The number of carbonyl (C=O) groups is 1. The summed E-state index contributed by atoms with van der Waals surface area (Å²) in [5.41, 5.74) is 0. The van der Waals surface area contributed by atoms with Crippen LogP contribution in [0.25, 0.3) is 0 Å². The van der Waals surface area contributed by atoms with Crippen LogP contribution in [0, 0.1) is 5.92 Å². The van der Waals surface area contributed by atoms with Gasteiger partial charge in [-0.15, -0.1) is 0 Å². The molecule has 0 aliphatic heterocycles. The van der Waals surface area contributed by atoms with E-state index in [4.69, 9.17) is 4.74 Å². The number of hydrogen-bond acceptors (Lipinski definition) is 3. The van der Waals surface area contributed by atoms with Gasteiger partial charge in [0.25, 0.3) is 0 Å². The van der Waals surface area contributed by atoms with Crippen molar-refractivity contribution >= 4 is 5.91 Å². The Morgan fingerprint density at radius 3 is 2.69 bits per heavy atom. The molecule has 2 aliphatic rings. The number of hydrogen-bond donors (Lipinski definition) is 2. The van der Waals surface area contributed by atoms with Gasteiger partial charge in [-0.1, -0.05) is 0 Å². The van der Waals surface area contributed by atoms with Crippen LogP contribution in [0.1, 0.15) is 32.1 Å². The number of rotatable bonds is 8. The number of carbonyl (C=O) groups excluding carboxylic acids is 1. The third-order valence-corrected chi connectivity index (χ3v) is 3.24. The van der Waals surface area contributed by atoms with Gasteiger partial charge in [0.15, 0.2) is 0 Å². The van der Waals surface area contributed by atoms with Crippen molar-refractivity contribution in [2.45, 2.75) is 44.2 Å². The maximum absolute atomic E-state index is 11.4. The SMILES string of the molecule is COCC(NCCC(=O)NC1CC1)C1CC1. The van der Waals surface area contributed by atoms with Gasteiger partial charge in [0, 0.05) is 32.2 Å². The number of methoxy groups -OCH3 is 1. The summed E-state index contributed by atoms with van der Waals surface area (Å²) in [6.45, 7) is 1.53. The van der Waals surface area contributed by atoms with Crippen LogP contribution in [0.3, 0.4) is 0 Å². The Labute approximate surface area is 97.1 Å². The summed E-state index contributed by atoms with van der Waals surface area (Å²) in [5, 5.41) is 6.42. The number of ether oxygens (including phenoxy) is 1. The quantitative estimate of drug-likeness (QED) is 0.639. The Morgan fingerprint density at radius 1 is 1.38 bits per heavy atom. The molecule has 0 saturated heterocycles. The topological polar surface area (TPSA) is 50.4 Å². The van der Waals surface area contributed by atoms with Crippen molar-refractivity contribution < 1.29 is 9.53 Å². The minimum absolute atomic E-state index is 0.182. The summed E-state index contributed by atoms with van der Waals surface area (Å²) in [4.78, 5) is 11.4. The van der Waals surface area contributed by atoms with Gasteiger partial charge in [0.2, 0.25) is 5.91 Å². The largest absolute Gasteiger partial charge is 0.383 e. The van der Waals surface area contributed by atoms with Crippen molar-refractivity contribution in [3.63, 3.8) is 0 Å². The molecule has 0 bridgehead atoms. The van der Waals surface area contributed by atoms with Gasteiger partial charge in [-0.05, 0) is 31.6 Å². The molecule has 1 unspecified atom stereocenters. The molecular weight excluding hydrogens is 204 g/mol. The average molecular weight is 226 g/mol. The molecule has 0 aromatic carbocycles. The molecule has 0 spiro atoms. The van der Waals surface area contributed by atoms with E-state index in [0.717, 1.165) is 31.9 Å². The van der Waals surface area contributed by atoms with Crippen molar-refractivity contribution in [2.24, 2.45) is 5.92 Å².